The van der Waals surface area contributed by atoms with E-state index in [9.17, 15) is 4.79 Å². The van der Waals surface area contributed by atoms with E-state index in [1.54, 1.807) is 36.5 Å². The van der Waals surface area contributed by atoms with Crippen LogP contribution >= 0.6 is 0 Å². The highest BCUT2D eigenvalue weighted by Crippen LogP contribution is 2.16. The van der Waals surface area contributed by atoms with Crippen LogP contribution in [0.15, 0.2) is 73.3 Å². The number of rotatable bonds is 6. The molecule has 0 atom stereocenters. The first kappa shape index (κ1) is 18.7. The van der Waals surface area contributed by atoms with Crippen molar-refractivity contribution in [2.45, 2.75) is 20.1 Å². The van der Waals surface area contributed by atoms with Crippen molar-refractivity contribution in [1.29, 1.82) is 0 Å². The summed E-state index contributed by atoms with van der Waals surface area (Å²) >= 11 is 0. The first-order valence-corrected chi connectivity index (χ1v) is 9.40. The van der Waals surface area contributed by atoms with E-state index in [0.29, 0.717) is 24.5 Å². The van der Waals surface area contributed by atoms with E-state index >= 15 is 0 Å². The normalized spacial score (nSPS) is 10.8. The van der Waals surface area contributed by atoms with Crippen LogP contribution in [0.2, 0.25) is 0 Å². The number of carbonyl (C=O) groups is 1. The van der Waals surface area contributed by atoms with Gasteiger partial charge in [0.1, 0.15) is 18.0 Å². The first-order chi connectivity index (χ1) is 14.1. The van der Waals surface area contributed by atoms with E-state index in [-0.39, 0.29) is 5.91 Å². The second kappa shape index (κ2) is 8.14. The van der Waals surface area contributed by atoms with Crippen molar-refractivity contribution >= 4 is 11.6 Å². The Labute approximate surface area is 169 Å². The maximum atomic E-state index is 12.6. The fourth-order valence-electron chi connectivity index (χ4n) is 3.13. The first-order valence-electron chi connectivity index (χ1n) is 9.40. The minimum absolute atomic E-state index is 0.0453. The Morgan fingerprint density at radius 3 is 2.69 bits per heavy atom. The van der Waals surface area contributed by atoms with Gasteiger partial charge in [0.15, 0.2) is 0 Å². The molecule has 0 aliphatic carbocycles. The van der Waals surface area contributed by atoms with Crippen molar-refractivity contribution in [3.05, 3.63) is 95.7 Å². The molecule has 6 heteroatoms. The molecule has 3 aromatic heterocycles. The lowest BCUT2D eigenvalue weighted by Gasteiger charge is -2.17. The molecule has 29 heavy (non-hydrogen) atoms. The highest BCUT2D eigenvalue weighted by Gasteiger charge is 2.12. The topological polar surface area (TPSA) is 59.7 Å². The number of nitrogens with zero attached hydrogens (tertiary/aromatic N) is 4. The Bertz CT molecular complexity index is 1120. The molecule has 0 saturated carbocycles. The zero-order valence-corrected chi connectivity index (χ0v) is 16.4. The van der Waals surface area contributed by atoms with Gasteiger partial charge >= 0.3 is 0 Å². The number of aryl methyl sites for hydroxylation is 1. The second-order valence-electron chi connectivity index (χ2n) is 7.04. The summed E-state index contributed by atoms with van der Waals surface area (Å²) in [6.07, 6.45) is 7.49. The number of benzene rings is 1. The standard InChI is InChI=1S/C23H22N4O2/c1-17-5-10-22-25-20(15-27(22)13-17)16-29-21-8-6-19(7-9-21)23(28)26(2)14-18-4-3-11-24-12-18/h3-13,15H,14,16H2,1-2H3. The number of ether oxygens (including phenoxy) is 1. The van der Waals surface area contributed by atoms with E-state index in [1.165, 1.54) is 5.56 Å². The summed E-state index contributed by atoms with van der Waals surface area (Å²) in [5.74, 6) is 0.654. The van der Waals surface area contributed by atoms with E-state index in [1.807, 2.05) is 60.1 Å². The maximum absolute atomic E-state index is 12.6. The molecular formula is C23H22N4O2. The molecule has 0 radical (unpaired) electrons. The molecule has 0 aliphatic rings. The predicted octanol–water partition coefficient (Wildman–Crippen LogP) is 3.89. The summed E-state index contributed by atoms with van der Waals surface area (Å²) in [5, 5.41) is 0. The molecule has 0 spiro atoms. The molecule has 4 rings (SSSR count). The summed E-state index contributed by atoms with van der Waals surface area (Å²) in [6.45, 7) is 2.93. The number of amides is 1. The smallest absolute Gasteiger partial charge is 0.253 e. The van der Waals surface area contributed by atoms with Gasteiger partial charge in [-0.2, -0.15) is 0 Å². The van der Waals surface area contributed by atoms with Crippen LogP contribution in [0, 0.1) is 6.92 Å². The molecule has 0 fully saturated rings. The zero-order chi connectivity index (χ0) is 20.2. The fraction of sp³-hybridized carbons (Fsp3) is 0.174. The average molecular weight is 386 g/mol. The molecule has 3 heterocycles. The number of pyridine rings is 2. The van der Waals surface area contributed by atoms with Gasteiger partial charge in [0.2, 0.25) is 0 Å². The van der Waals surface area contributed by atoms with Gasteiger partial charge in [-0.3, -0.25) is 9.78 Å². The number of imidazole rings is 1. The monoisotopic (exact) mass is 386 g/mol. The summed E-state index contributed by atoms with van der Waals surface area (Å²) in [5.41, 5.74) is 4.53. The third-order valence-electron chi connectivity index (χ3n) is 4.63. The van der Waals surface area contributed by atoms with Crippen LogP contribution in [-0.2, 0) is 13.2 Å². The van der Waals surface area contributed by atoms with Crippen LogP contribution in [0.4, 0.5) is 0 Å². The predicted molar refractivity (Wildman–Crippen MR) is 111 cm³/mol. The van der Waals surface area contributed by atoms with Gasteiger partial charge in [0, 0.05) is 43.9 Å². The zero-order valence-electron chi connectivity index (χ0n) is 16.4. The van der Waals surface area contributed by atoms with Crippen LogP contribution < -0.4 is 4.74 Å². The number of fused-ring (bicyclic) bond motifs is 1. The summed E-state index contributed by atoms with van der Waals surface area (Å²) in [6, 6.07) is 15.0. The summed E-state index contributed by atoms with van der Waals surface area (Å²) in [4.78, 5) is 22.9. The number of carbonyl (C=O) groups excluding carboxylic acids is 1. The highest BCUT2D eigenvalue weighted by atomic mass is 16.5. The lowest BCUT2D eigenvalue weighted by molar-refractivity contribution is 0.0785. The molecule has 146 valence electrons. The Balaban J connectivity index is 1.37. The van der Waals surface area contributed by atoms with Crippen molar-refractivity contribution in [2.24, 2.45) is 0 Å². The number of hydrogen-bond acceptors (Lipinski definition) is 4. The molecule has 6 nitrogen and oxygen atoms in total. The fourth-order valence-corrected chi connectivity index (χ4v) is 3.13. The molecule has 1 aromatic carbocycles. The van der Waals surface area contributed by atoms with Crippen molar-refractivity contribution in [3.63, 3.8) is 0 Å². The Morgan fingerprint density at radius 1 is 1.10 bits per heavy atom. The average Bonchev–Trinajstić information content (AvgIpc) is 3.15. The number of aromatic nitrogens is 3. The van der Waals surface area contributed by atoms with Crippen molar-refractivity contribution in [3.8, 4) is 5.75 Å². The molecular weight excluding hydrogens is 364 g/mol. The molecule has 1 amide bonds. The Hall–Kier alpha value is -3.67. The van der Waals surface area contributed by atoms with Crippen molar-refractivity contribution in [2.75, 3.05) is 7.05 Å². The van der Waals surface area contributed by atoms with Gasteiger partial charge in [-0.15, -0.1) is 0 Å². The summed E-state index contributed by atoms with van der Waals surface area (Å²) in [7, 11) is 1.78. The molecule has 0 aliphatic heterocycles. The van der Waals surface area contributed by atoms with Crippen LogP contribution in [0.3, 0.4) is 0 Å². The second-order valence-corrected chi connectivity index (χ2v) is 7.04. The largest absolute Gasteiger partial charge is 0.487 e. The molecule has 0 N–H and O–H groups in total. The molecule has 0 bridgehead atoms. The highest BCUT2D eigenvalue weighted by molar-refractivity contribution is 5.94. The Morgan fingerprint density at radius 2 is 1.93 bits per heavy atom. The molecule has 0 saturated heterocycles. The SMILES string of the molecule is Cc1ccc2nc(COc3ccc(C(=O)N(C)Cc4cccnc4)cc3)cn2c1. The van der Waals surface area contributed by atoms with E-state index in [4.69, 9.17) is 4.74 Å². The number of hydrogen-bond donors (Lipinski definition) is 0. The van der Waals surface area contributed by atoms with Crippen LogP contribution in [0.1, 0.15) is 27.2 Å². The quantitative estimate of drug-likeness (QED) is 0.504. The van der Waals surface area contributed by atoms with E-state index < -0.39 is 0 Å². The van der Waals surface area contributed by atoms with Gasteiger partial charge in [0.25, 0.3) is 5.91 Å². The molecule has 4 aromatic rings. The van der Waals surface area contributed by atoms with Crippen LogP contribution in [-0.4, -0.2) is 32.2 Å². The van der Waals surface area contributed by atoms with Gasteiger partial charge in [-0.25, -0.2) is 4.98 Å². The van der Waals surface area contributed by atoms with Gasteiger partial charge in [-0.05, 0) is 54.4 Å². The van der Waals surface area contributed by atoms with Crippen LogP contribution in [0.25, 0.3) is 5.65 Å². The third kappa shape index (κ3) is 4.43. The minimum Gasteiger partial charge on any atom is -0.487 e. The van der Waals surface area contributed by atoms with Crippen LogP contribution in [0.5, 0.6) is 5.75 Å². The minimum atomic E-state index is -0.0453. The van der Waals surface area contributed by atoms with Gasteiger partial charge in [0.05, 0.1) is 5.69 Å². The Kier molecular flexibility index (Phi) is 5.24. The maximum Gasteiger partial charge on any atom is 0.253 e. The van der Waals surface area contributed by atoms with Gasteiger partial charge in [-0.1, -0.05) is 12.1 Å². The van der Waals surface area contributed by atoms with Crippen molar-refractivity contribution in [1.82, 2.24) is 19.3 Å². The van der Waals surface area contributed by atoms with Crippen molar-refractivity contribution < 1.29 is 9.53 Å². The van der Waals surface area contributed by atoms with Gasteiger partial charge < -0.3 is 14.0 Å². The van der Waals surface area contributed by atoms with E-state index in [2.05, 4.69) is 9.97 Å². The molecule has 0 unspecified atom stereocenters. The lowest BCUT2D eigenvalue weighted by Crippen LogP contribution is -2.26. The summed E-state index contributed by atoms with van der Waals surface area (Å²) < 4.78 is 7.83. The van der Waals surface area contributed by atoms with E-state index in [0.717, 1.165) is 16.9 Å². The third-order valence-corrected chi connectivity index (χ3v) is 4.63. The lowest BCUT2D eigenvalue weighted by atomic mass is 10.2.